The van der Waals surface area contributed by atoms with Crippen LogP contribution in [0.1, 0.15) is 58.8 Å². The molecule has 2 unspecified atom stereocenters. The van der Waals surface area contributed by atoms with Crippen LogP contribution in [-0.2, 0) is 4.79 Å². The van der Waals surface area contributed by atoms with Gasteiger partial charge in [-0.2, -0.15) is 12.6 Å². The summed E-state index contributed by atoms with van der Waals surface area (Å²) in [5, 5.41) is 8.89. The molecule has 0 bridgehead atoms. The second-order valence-corrected chi connectivity index (χ2v) is 5.06. The third-order valence-electron chi connectivity index (χ3n) is 2.77. The summed E-state index contributed by atoms with van der Waals surface area (Å²) >= 11 is 4.21. The van der Waals surface area contributed by atoms with E-state index in [1.54, 1.807) is 0 Å². The fourth-order valence-electron chi connectivity index (χ4n) is 1.72. The SMILES string of the molecule is CCCCCCCCC(C(=O)O)C(C)S. The highest BCUT2D eigenvalue weighted by molar-refractivity contribution is 7.81. The molecule has 2 nitrogen and oxygen atoms in total. The van der Waals surface area contributed by atoms with E-state index in [9.17, 15) is 4.79 Å². The highest BCUT2D eigenvalue weighted by atomic mass is 32.1. The minimum Gasteiger partial charge on any atom is -0.481 e. The van der Waals surface area contributed by atoms with Crippen LogP contribution in [0.15, 0.2) is 0 Å². The predicted octanol–water partition coefficient (Wildman–Crippen LogP) is 3.76. The topological polar surface area (TPSA) is 37.3 Å². The largest absolute Gasteiger partial charge is 0.481 e. The van der Waals surface area contributed by atoms with Gasteiger partial charge in [0.2, 0.25) is 0 Å². The molecule has 0 aromatic rings. The van der Waals surface area contributed by atoms with Gasteiger partial charge in [-0.3, -0.25) is 4.79 Å². The number of thiol groups is 1. The first-order valence-electron chi connectivity index (χ1n) is 6.00. The molecular formula is C12H24O2S. The van der Waals surface area contributed by atoms with E-state index in [-0.39, 0.29) is 11.2 Å². The van der Waals surface area contributed by atoms with Crippen LogP contribution >= 0.6 is 12.6 Å². The lowest BCUT2D eigenvalue weighted by atomic mass is 9.97. The average Bonchev–Trinajstić information content (AvgIpc) is 2.15. The van der Waals surface area contributed by atoms with E-state index in [0.717, 1.165) is 19.3 Å². The molecule has 1 N–H and O–H groups in total. The first kappa shape index (κ1) is 14.8. The van der Waals surface area contributed by atoms with Crippen LogP contribution < -0.4 is 0 Å². The van der Waals surface area contributed by atoms with E-state index in [1.165, 1.54) is 25.7 Å². The summed E-state index contributed by atoms with van der Waals surface area (Å²) in [6.45, 7) is 4.06. The number of hydrogen-bond donors (Lipinski definition) is 2. The molecular weight excluding hydrogens is 208 g/mol. The quantitative estimate of drug-likeness (QED) is 0.469. The van der Waals surface area contributed by atoms with Crippen LogP contribution in [0.5, 0.6) is 0 Å². The van der Waals surface area contributed by atoms with Crippen LogP contribution in [0.4, 0.5) is 0 Å². The zero-order valence-corrected chi connectivity index (χ0v) is 10.8. The minimum absolute atomic E-state index is 0.0434. The lowest BCUT2D eigenvalue weighted by Crippen LogP contribution is -2.21. The Morgan fingerprint density at radius 3 is 2.20 bits per heavy atom. The third kappa shape index (κ3) is 7.71. The summed E-state index contributed by atoms with van der Waals surface area (Å²) in [5.74, 6) is -0.981. The van der Waals surface area contributed by atoms with Crippen molar-refractivity contribution in [2.75, 3.05) is 0 Å². The fourth-order valence-corrected chi connectivity index (χ4v) is 1.99. The smallest absolute Gasteiger partial charge is 0.307 e. The van der Waals surface area contributed by atoms with Crippen molar-refractivity contribution in [1.82, 2.24) is 0 Å². The number of aliphatic carboxylic acids is 1. The Labute approximate surface area is 98.9 Å². The predicted molar refractivity (Wildman–Crippen MR) is 67.6 cm³/mol. The molecule has 0 amide bonds. The molecule has 0 aliphatic rings. The second-order valence-electron chi connectivity index (χ2n) is 4.24. The van der Waals surface area contributed by atoms with Crippen molar-refractivity contribution in [2.24, 2.45) is 5.92 Å². The van der Waals surface area contributed by atoms with E-state index < -0.39 is 5.97 Å². The van der Waals surface area contributed by atoms with Gasteiger partial charge in [0, 0.05) is 5.25 Å². The van der Waals surface area contributed by atoms with Crippen molar-refractivity contribution in [3.63, 3.8) is 0 Å². The molecule has 0 saturated carbocycles. The van der Waals surface area contributed by atoms with Crippen LogP contribution in [0.3, 0.4) is 0 Å². The fraction of sp³-hybridized carbons (Fsp3) is 0.917. The monoisotopic (exact) mass is 232 g/mol. The van der Waals surface area contributed by atoms with Gasteiger partial charge in [-0.15, -0.1) is 0 Å². The lowest BCUT2D eigenvalue weighted by Gasteiger charge is -2.14. The molecule has 0 rings (SSSR count). The molecule has 0 fully saturated rings. The van der Waals surface area contributed by atoms with Gasteiger partial charge in [-0.25, -0.2) is 0 Å². The normalized spacial score (nSPS) is 14.9. The Kier molecular flexibility index (Phi) is 8.97. The Balaban J connectivity index is 3.50. The van der Waals surface area contributed by atoms with E-state index in [4.69, 9.17) is 5.11 Å². The van der Waals surface area contributed by atoms with Gasteiger partial charge in [-0.05, 0) is 6.42 Å². The van der Waals surface area contributed by atoms with Crippen molar-refractivity contribution < 1.29 is 9.90 Å². The molecule has 0 radical (unpaired) electrons. The zero-order chi connectivity index (χ0) is 11.7. The first-order valence-corrected chi connectivity index (χ1v) is 6.52. The Morgan fingerprint density at radius 1 is 1.20 bits per heavy atom. The van der Waals surface area contributed by atoms with Crippen LogP contribution in [0, 0.1) is 5.92 Å². The maximum Gasteiger partial charge on any atom is 0.307 e. The summed E-state index contributed by atoms with van der Waals surface area (Å²) in [6, 6.07) is 0. The molecule has 0 aliphatic carbocycles. The zero-order valence-electron chi connectivity index (χ0n) is 9.91. The standard InChI is InChI=1S/C12H24O2S/c1-3-4-5-6-7-8-9-11(10(2)15)12(13)14/h10-11,15H,3-9H2,1-2H3,(H,13,14). The number of unbranched alkanes of at least 4 members (excludes halogenated alkanes) is 5. The Morgan fingerprint density at radius 2 is 1.73 bits per heavy atom. The molecule has 0 saturated heterocycles. The van der Waals surface area contributed by atoms with Crippen LogP contribution in [0.25, 0.3) is 0 Å². The summed E-state index contributed by atoms with van der Waals surface area (Å²) in [7, 11) is 0. The van der Waals surface area contributed by atoms with E-state index >= 15 is 0 Å². The molecule has 0 heterocycles. The van der Waals surface area contributed by atoms with Gasteiger partial charge in [0.1, 0.15) is 0 Å². The van der Waals surface area contributed by atoms with Crippen molar-refractivity contribution in [2.45, 2.75) is 64.0 Å². The minimum atomic E-state index is -0.703. The lowest BCUT2D eigenvalue weighted by molar-refractivity contribution is -0.141. The summed E-state index contributed by atoms with van der Waals surface area (Å²) in [4.78, 5) is 10.9. The second kappa shape index (κ2) is 9.08. The Bertz CT molecular complexity index is 169. The molecule has 2 atom stereocenters. The van der Waals surface area contributed by atoms with Crippen molar-refractivity contribution >= 4 is 18.6 Å². The van der Waals surface area contributed by atoms with Crippen molar-refractivity contribution in [3.05, 3.63) is 0 Å². The third-order valence-corrected chi connectivity index (χ3v) is 3.13. The molecule has 90 valence electrons. The molecule has 0 aromatic carbocycles. The molecule has 0 spiro atoms. The maximum atomic E-state index is 10.9. The number of carbonyl (C=O) groups is 1. The maximum absolute atomic E-state index is 10.9. The van der Waals surface area contributed by atoms with Gasteiger partial charge in [0.15, 0.2) is 0 Å². The number of carboxylic acid groups (broad SMARTS) is 1. The van der Waals surface area contributed by atoms with Gasteiger partial charge >= 0.3 is 5.97 Å². The molecule has 3 heteroatoms. The van der Waals surface area contributed by atoms with E-state index in [0.29, 0.717) is 0 Å². The number of carboxylic acids is 1. The van der Waals surface area contributed by atoms with E-state index in [2.05, 4.69) is 19.6 Å². The first-order chi connectivity index (χ1) is 7.09. The highest BCUT2D eigenvalue weighted by Crippen LogP contribution is 2.18. The number of rotatable bonds is 9. The van der Waals surface area contributed by atoms with Crippen LogP contribution in [0.2, 0.25) is 0 Å². The van der Waals surface area contributed by atoms with Gasteiger partial charge in [0.25, 0.3) is 0 Å². The van der Waals surface area contributed by atoms with Crippen molar-refractivity contribution in [3.8, 4) is 0 Å². The number of hydrogen-bond acceptors (Lipinski definition) is 2. The van der Waals surface area contributed by atoms with Crippen LogP contribution in [-0.4, -0.2) is 16.3 Å². The summed E-state index contributed by atoms with van der Waals surface area (Å²) in [6.07, 6.45) is 8.02. The summed E-state index contributed by atoms with van der Waals surface area (Å²) in [5.41, 5.74) is 0. The molecule has 0 aromatic heterocycles. The molecule has 0 aliphatic heterocycles. The van der Waals surface area contributed by atoms with E-state index in [1.807, 2.05) is 6.92 Å². The van der Waals surface area contributed by atoms with Gasteiger partial charge in [-0.1, -0.05) is 52.4 Å². The van der Waals surface area contributed by atoms with Crippen molar-refractivity contribution in [1.29, 1.82) is 0 Å². The van der Waals surface area contributed by atoms with Gasteiger partial charge < -0.3 is 5.11 Å². The summed E-state index contributed by atoms with van der Waals surface area (Å²) < 4.78 is 0. The Hall–Kier alpha value is -0.180. The van der Waals surface area contributed by atoms with Gasteiger partial charge in [0.05, 0.1) is 5.92 Å². The average molecular weight is 232 g/mol. The highest BCUT2D eigenvalue weighted by Gasteiger charge is 2.20. The molecule has 15 heavy (non-hydrogen) atoms.